The van der Waals surface area contributed by atoms with E-state index in [0.29, 0.717) is 6.54 Å². The highest BCUT2D eigenvalue weighted by molar-refractivity contribution is 5.31. The first kappa shape index (κ1) is 12.4. The van der Waals surface area contributed by atoms with Gasteiger partial charge in [0.25, 0.3) is 5.55 Å². The number of benzene rings is 2. The summed E-state index contributed by atoms with van der Waals surface area (Å²) in [6.07, 6.45) is 1.60. The molecule has 3 aromatic rings. The molecule has 100 valence electrons. The normalized spacial score (nSPS) is 10.8. The van der Waals surface area contributed by atoms with Crippen LogP contribution in [0.3, 0.4) is 0 Å². The molecular formula is C16H15N3O. The zero-order valence-corrected chi connectivity index (χ0v) is 10.9. The quantitative estimate of drug-likeness (QED) is 0.732. The van der Waals surface area contributed by atoms with Crippen molar-refractivity contribution in [3.63, 3.8) is 0 Å². The lowest BCUT2D eigenvalue weighted by Crippen LogP contribution is -2.40. The molecule has 0 aliphatic rings. The zero-order chi connectivity index (χ0) is 13.8. The molecule has 4 nitrogen and oxygen atoms in total. The number of rotatable bonds is 4. The van der Waals surface area contributed by atoms with Gasteiger partial charge in [-0.05, 0) is 11.1 Å². The first-order valence-corrected chi connectivity index (χ1v) is 6.51. The number of hydrogen-bond acceptors (Lipinski definition) is 2. The van der Waals surface area contributed by atoms with Crippen molar-refractivity contribution in [1.29, 1.82) is 5.41 Å². The van der Waals surface area contributed by atoms with Crippen LogP contribution in [-0.2, 0) is 6.54 Å². The molecule has 0 unspecified atom stereocenters. The molecule has 0 bridgehead atoms. The van der Waals surface area contributed by atoms with Gasteiger partial charge in [0.15, 0.2) is 6.54 Å². The topological polar surface area (TPSA) is 55.0 Å². The van der Waals surface area contributed by atoms with Gasteiger partial charge in [-0.3, -0.25) is 10.7 Å². The Bertz CT molecular complexity index is 676. The third-order valence-electron chi connectivity index (χ3n) is 3.28. The molecule has 1 N–H and O–H groups in total. The minimum absolute atomic E-state index is 0.0740. The predicted molar refractivity (Wildman–Crippen MR) is 72.8 cm³/mol. The van der Waals surface area contributed by atoms with E-state index in [9.17, 15) is 0 Å². The SMILES string of the molecule is N=c1c[n+](CC(c2ccccc2)c2ccccc2)[n-]o1. The van der Waals surface area contributed by atoms with E-state index in [0.717, 1.165) is 0 Å². The van der Waals surface area contributed by atoms with Gasteiger partial charge in [-0.1, -0.05) is 60.7 Å². The van der Waals surface area contributed by atoms with Crippen molar-refractivity contribution >= 4 is 0 Å². The number of aromatic nitrogens is 2. The highest BCUT2D eigenvalue weighted by Gasteiger charge is 2.17. The van der Waals surface area contributed by atoms with E-state index < -0.39 is 0 Å². The molecule has 4 heteroatoms. The van der Waals surface area contributed by atoms with E-state index in [1.807, 2.05) is 36.4 Å². The van der Waals surface area contributed by atoms with Crippen molar-refractivity contribution in [3.05, 3.63) is 83.5 Å². The summed E-state index contributed by atoms with van der Waals surface area (Å²) >= 11 is 0. The van der Waals surface area contributed by atoms with Gasteiger partial charge in [0, 0.05) is 0 Å². The summed E-state index contributed by atoms with van der Waals surface area (Å²) in [4.78, 5) is 0. The molecule has 0 fully saturated rings. The third-order valence-corrected chi connectivity index (χ3v) is 3.28. The number of hydrogen-bond donors (Lipinski definition) is 1. The van der Waals surface area contributed by atoms with Gasteiger partial charge in [-0.25, -0.2) is 4.68 Å². The van der Waals surface area contributed by atoms with Crippen LogP contribution in [0.15, 0.2) is 71.4 Å². The molecule has 0 spiro atoms. The van der Waals surface area contributed by atoms with Gasteiger partial charge in [0.2, 0.25) is 6.20 Å². The summed E-state index contributed by atoms with van der Waals surface area (Å²) in [5, 5.41) is 11.3. The van der Waals surface area contributed by atoms with Crippen molar-refractivity contribution in [2.24, 2.45) is 0 Å². The third kappa shape index (κ3) is 2.69. The smallest absolute Gasteiger partial charge is 0.264 e. The first-order chi connectivity index (χ1) is 9.83. The van der Waals surface area contributed by atoms with Crippen LogP contribution in [0.2, 0.25) is 0 Å². The zero-order valence-electron chi connectivity index (χ0n) is 10.9. The van der Waals surface area contributed by atoms with Crippen molar-refractivity contribution < 1.29 is 9.20 Å². The maximum absolute atomic E-state index is 7.42. The maximum atomic E-state index is 7.42. The number of nitrogens with one attached hydrogen (secondary N) is 1. The van der Waals surface area contributed by atoms with E-state index in [1.54, 1.807) is 10.9 Å². The van der Waals surface area contributed by atoms with Gasteiger partial charge >= 0.3 is 0 Å². The first-order valence-electron chi connectivity index (χ1n) is 6.51. The van der Waals surface area contributed by atoms with Crippen LogP contribution >= 0.6 is 0 Å². The van der Waals surface area contributed by atoms with E-state index in [1.165, 1.54) is 11.1 Å². The fourth-order valence-electron chi connectivity index (χ4n) is 2.33. The standard InChI is InChI=1S/C16H15N3O/c17-16-12-19(18-20-16)11-15(13-7-3-1-4-8-13)14-9-5-2-6-10-14/h1-10,12,15,17H,11H2. The van der Waals surface area contributed by atoms with Crippen molar-refractivity contribution in [1.82, 2.24) is 5.27 Å². The van der Waals surface area contributed by atoms with Crippen molar-refractivity contribution in [3.8, 4) is 0 Å². The molecule has 20 heavy (non-hydrogen) atoms. The Morgan fingerprint density at radius 3 is 1.95 bits per heavy atom. The van der Waals surface area contributed by atoms with Crippen LogP contribution in [-0.4, -0.2) is 0 Å². The molecule has 0 amide bonds. The molecule has 1 aromatic heterocycles. The van der Waals surface area contributed by atoms with Crippen molar-refractivity contribution in [2.45, 2.75) is 12.5 Å². The Kier molecular flexibility index (Phi) is 3.46. The Hall–Kier alpha value is -2.62. The molecule has 0 aliphatic carbocycles. The lowest BCUT2D eigenvalue weighted by atomic mass is 9.91. The summed E-state index contributed by atoms with van der Waals surface area (Å²) in [6.45, 7) is 0.649. The summed E-state index contributed by atoms with van der Waals surface area (Å²) in [5.74, 6) is 0.187. The molecule has 0 aliphatic heterocycles. The molecule has 3 rings (SSSR count). The van der Waals surface area contributed by atoms with Gasteiger partial charge in [0.1, 0.15) is 0 Å². The minimum atomic E-state index is 0.0740. The van der Waals surface area contributed by atoms with E-state index in [-0.39, 0.29) is 11.5 Å². The predicted octanol–water partition coefficient (Wildman–Crippen LogP) is 1.84. The van der Waals surface area contributed by atoms with Crippen LogP contribution < -0.4 is 15.5 Å². The molecular weight excluding hydrogens is 250 g/mol. The van der Waals surface area contributed by atoms with Crippen molar-refractivity contribution in [2.75, 3.05) is 0 Å². The lowest BCUT2D eigenvalue weighted by molar-refractivity contribution is -0.768. The van der Waals surface area contributed by atoms with Gasteiger partial charge in [-0.2, -0.15) is 0 Å². The molecule has 1 heterocycles. The number of nitrogens with zero attached hydrogens (tertiary/aromatic N) is 2. The molecule has 0 atom stereocenters. The molecule has 2 aromatic carbocycles. The van der Waals surface area contributed by atoms with Crippen LogP contribution in [0.5, 0.6) is 0 Å². The molecule has 0 saturated heterocycles. The lowest BCUT2D eigenvalue weighted by Gasteiger charge is -2.15. The average Bonchev–Trinajstić information content (AvgIpc) is 2.92. The van der Waals surface area contributed by atoms with Crippen LogP contribution in [0.4, 0.5) is 0 Å². The summed E-state index contributed by atoms with van der Waals surface area (Å²) in [6, 6.07) is 20.6. The Morgan fingerprint density at radius 2 is 1.50 bits per heavy atom. The van der Waals surface area contributed by atoms with Gasteiger partial charge < -0.3 is 4.52 Å². The van der Waals surface area contributed by atoms with E-state index in [2.05, 4.69) is 29.5 Å². The summed E-state index contributed by atoms with van der Waals surface area (Å²) in [7, 11) is 0. The summed E-state index contributed by atoms with van der Waals surface area (Å²) in [5.41, 5.74) is 2.52. The van der Waals surface area contributed by atoms with E-state index in [4.69, 9.17) is 9.93 Å². The highest BCUT2D eigenvalue weighted by atomic mass is 16.5. The fourth-order valence-corrected chi connectivity index (χ4v) is 2.33. The monoisotopic (exact) mass is 265 g/mol. The largest absolute Gasteiger partial charge is 0.487 e. The molecule has 0 radical (unpaired) electrons. The minimum Gasteiger partial charge on any atom is -0.487 e. The second-order valence-electron chi connectivity index (χ2n) is 4.66. The Balaban J connectivity index is 1.98. The van der Waals surface area contributed by atoms with E-state index >= 15 is 0 Å². The Morgan fingerprint density at radius 1 is 0.950 bits per heavy atom. The van der Waals surface area contributed by atoms with Gasteiger partial charge in [0.05, 0.1) is 5.92 Å². The second kappa shape index (κ2) is 5.57. The van der Waals surface area contributed by atoms with Crippen LogP contribution in [0.1, 0.15) is 17.0 Å². The van der Waals surface area contributed by atoms with Gasteiger partial charge in [-0.15, -0.1) is 0 Å². The van der Waals surface area contributed by atoms with Crippen LogP contribution in [0.25, 0.3) is 0 Å². The second-order valence-corrected chi connectivity index (χ2v) is 4.66. The average molecular weight is 265 g/mol. The maximum Gasteiger partial charge on any atom is 0.264 e. The van der Waals surface area contributed by atoms with Crippen LogP contribution in [0, 0.1) is 5.41 Å². The molecule has 0 saturated carbocycles. The Labute approximate surface area is 116 Å². The highest BCUT2D eigenvalue weighted by Crippen LogP contribution is 2.24. The summed E-state index contributed by atoms with van der Waals surface area (Å²) < 4.78 is 6.49. The fraction of sp³-hybridized carbons (Fsp3) is 0.125.